The fourth-order valence-corrected chi connectivity index (χ4v) is 2.15. The second-order valence-corrected chi connectivity index (χ2v) is 4.73. The van der Waals surface area contributed by atoms with E-state index >= 15 is 0 Å². The maximum absolute atomic E-state index is 5.75. The van der Waals surface area contributed by atoms with Crippen LogP contribution in [0.15, 0.2) is 12.4 Å². The summed E-state index contributed by atoms with van der Waals surface area (Å²) in [6.45, 7) is 3.24. The minimum absolute atomic E-state index is 0. The van der Waals surface area contributed by atoms with E-state index in [0.29, 0.717) is 10.9 Å². The van der Waals surface area contributed by atoms with E-state index in [1.165, 1.54) is 12.8 Å². The van der Waals surface area contributed by atoms with Crippen LogP contribution in [0, 0.1) is 5.92 Å². The van der Waals surface area contributed by atoms with E-state index in [2.05, 4.69) is 20.2 Å². The smallest absolute Gasteiger partial charge is 0.225 e. The van der Waals surface area contributed by atoms with Gasteiger partial charge >= 0.3 is 0 Å². The van der Waals surface area contributed by atoms with Crippen molar-refractivity contribution in [2.24, 2.45) is 5.92 Å². The third-order valence-electron chi connectivity index (χ3n) is 2.88. The van der Waals surface area contributed by atoms with Gasteiger partial charge in [-0.15, -0.1) is 12.4 Å². The Labute approximate surface area is 113 Å². The van der Waals surface area contributed by atoms with E-state index in [-0.39, 0.29) is 12.4 Å². The zero-order chi connectivity index (χ0) is 11.4. The largest absolute Gasteiger partial charge is 0.344 e. The Morgan fingerprint density at radius 3 is 2.76 bits per heavy atom. The topological polar surface area (TPSA) is 41.0 Å². The van der Waals surface area contributed by atoms with Gasteiger partial charge in [0.1, 0.15) is 0 Å². The molecule has 0 aliphatic carbocycles. The molecule has 1 unspecified atom stereocenters. The fourth-order valence-electron chi connectivity index (χ4n) is 2.05. The van der Waals surface area contributed by atoms with Crippen LogP contribution in [-0.2, 0) is 0 Å². The van der Waals surface area contributed by atoms with E-state index in [1.54, 1.807) is 12.4 Å². The summed E-state index contributed by atoms with van der Waals surface area (Å²) in [5.74, 6) is 1.44. The highest BCUT2D eigenvalue weighted by atomic mass is 35.5. The highest BCUT2D eigenvalue weighted by molar-refractivity contribution is 6.30. The van der Waals surface area contributed by atoms with Crippen LogP contribution >= 0.6 is 24.0 Å². The number of hydrogen-bond acceptors (Lipinski definition) is 4. The maximum atomic E-state index is 5.75. The van der Waals surface area contributed by atoms with E-state index < -0.39 is 0 Å². The number of piperidine rings is 1. The molecule has 1 aromatic rings. The van der Waals surface area contributed by atoms with Crippen LogP contribution in [0.1, 0.15) is 12.8 Å². The van der Waals surface area contributed by atoms with Gasteiger partial charge in [0.05, 0.1) is 17.4 Å². The summed E-state index contributed by atoms with van der Waals surface area (Å²) in [6.07, 6.45) is 5.82. The van der Waals surface area contributed by atoms with Crippen molar-refractivity contribution in [3.05, 3.63) is 17.4 Å². The van der Waals surface area contributed by atoms with Gasteiger partial charge in [-0.25, -0.2) is 9.97 Å². The molecule has 1 N–H and O–H groups in total. The Balaban J connectivity index is 0.00000144. The van der Waals surface area contributed by atoms with Gasteiger partial charge in [0.2, 0.25) is 5.95 Å². The zero-order valence-corrected chi connectivity index (χ0v) is 11.5. The minimum atomic E-state index is 0. The first kappa shape index (κ1) is 14.5. The highest BCUT2D eigenvalue weighted by Gasteiger charge is 2.16. The summed E-state index contributed by atoms with van der Waals surface area (Å²) in [5.41, 5.74) is 0. The Bertz CT molecular complexity index is 325. The summed E-state index contributed by atoms with van der Waals surface area (Å²) in [6, 6.07) is 0. The standard InChI is InChI=1S/C11H17ClN4.ClH/c1-16(8-9-3-2-4-13-5-9)11-14-6-10(12)7-15-11;/h6-7,9,13H,2-5,8H2,1H3;1H. The van der Waals surface area contributed by atoms with Crippen LogP contribution in [0.2, 0.25) is 5.02 Å². The number of hydrogen-bond donors (Lipinski definition) is 1. The van der Waals surface area contributed by atoms with Crippen molar-refractivity contribution in [2.75, 3.05) is 31.6 Å². The normalized spacial score (nSPS) is 19.5. The number of anilines is 1. The average molecular weight is 277 g/mol. The molecule has 17 heavy (non-hydrogen) atoms. The van der Waals surface area contributed by atoms with Crippen LogP contribution < -0.4 is 10.2 Å². The molecule has 0 amide bonds. The molecule has 2 heterocycles. The molecule has 0 radical (unpaired) electrons. The minimum Gasteiger partial charge on any atom is -0.344 e. The predicted octanol–water partition coefficient (Wildman–Crippen LogP) is 1.99. The number of nitrogens with one attached hydrogen (secondary N) is 1. The average Bonchev–Trinajstić information content (AvgIpc) is 2.31. The number of aromatic nitrogens is 2. The SMILES string of the molecule is CN(CC1CCCNC1)c1ncc(Cl)cn1.Cl. The molecule has 1 aromatic heterocycles. The summed E-state index contributed by atoms with van der Waals surface area (Å²) in [4.78, 5) is 10.5. The summed E-state index contributed by atoms with van der Waals surface area (Å²) in [7, 11) is 2.03. The van der Waals surface area contributed by atoms with Gasteiger partial charge in [-0.3, -0.25) is 0 Å². The van der Waals surface area contributed by atoms with Crippen molar-refractivity contribution in [1.29, 1.82) is 0 Å². The quantitative estimate of drug-likeness (QED) is 0.917. The first-order valence-corrected chi connectivity index (χ1v) is 6.03. The first-order chi connectivity index (χ1) is 7.75. The molecule has 4 nitrogen and oxygen atoms in total. The fraction of sp³-hybridized carbons (Fsp3) is 0.636. The molecule has 1 fully saturated rings. The second-order valence-electron chi connectivity index (χ2n) is 4.29. The molecule has 2 rings (SSSR count). The number of rotatable bonds is 3. The maximum Gasteiger partial charge on any atom is 0.225 e. The molecule has 0 saturated carbocycles. The highest BCUT2D eigenvalue weighted by Crippen LogP contribution is 2.14. The van der Waals surface area contributed by atoms with Crippen molar-refractivity contribution in [3.63, 3.8) is 0 Å². The van der Waals surface area contributed by atoms with Crippen LogP contribution in [-0.4, -0.2) is 36.6 Å². The van der Waals surface area contributed by atoms with Crippen LogP contribution in [0.5, 0.6) is 0 Å². The van der Waals surface area contributed by atoms with Crippen molar-refractivity contribution in [2.45, 2.75) is 12.8 Å². The summed E-state index contributed by atoms with van der Waals surface area (Å²) >= 11 is 5.75. The van der Waals surface area contributed by atoms with E-state index in [9.17, 15) is 0 Å². The molecular formula is C11H18Cl2N4. The Morgan fingerprint density at radius 2 is 2.18 bits per heavy atom. The Hall–Kier alpha value is -0.580. The van der Waals surface area contributed by atoms with Gasteiger partial charge in [0, 0.05) is 13.6 Å². The lowest BCUT2D eigenvalue weighted by atomic mass is 9.99. The van der Waals surface area contributed by atoms with Gasteiger partial charge in [0.15, 0.2) is 0 Å². The first-order valence-electron chi connectivity index (χ1n) is 5.65. The van der Waals surface area contributed by atoms with Crippen LogP contribution in [0.25, 0.3) is 0 Å². The molecule has 0 bridgehead atoms. The third-order valence-corrected chi connectivity index (χ3v) is 3.07. The number of halogens is 2. The summed E-state index contributed by atoms with van der Waals surface area (Å²) in [5, 5.41) is 3.99. The van der Waals surface area contributed by atoms with Crippen molar-refractivity contribution < 1.29 is 0 Å². The van der Waals surface area contributed by atoms with Gasteiger partial charge in [-0.1, -0.05) is 11.6 Å². The van der Waals surface area contributed by atoms with E-state index in [0.717, 1.165) is 25.6 Å². The van der Waals surface area contributed by atoms with Crippen LogP contribution in [0.4, 0.5) is 5.95 Å². The molecule has 0 spiro atoms. The number of nitrogens with zero attached hydrogens (tertiary/aromatic N) is 3. The van der Waals surface area contributed by atoms with Crippen molar-refractivity contribution in [3.8, 4) is 0 Å². The van der Waals surface area contributed by atoms with Gasteiger partial charge < -0.3 is 10.2 Å². The summed E-state index contributed by atoms with van der Waals surface area (Å²) < 4.78 is 0. The van der Waals surface area contributed by atoms with E-state index in [4.69, 9.17) is 11.6 Å². The Morgan fingerprint density at radius 1 is 1.47 bits per heavy atom. The lowest BCUT2D eigenvalue weighted by molar-refractivity contribution is 0.380. The second kappa shape index (κ2) is 6.99. The zero-order valence-electron chi connectivity index (χ0n) is 9.90. The lowest BCUT2D eigenvalue weighted by Crippen LogP contribution is -2.37. The lowest BCUT2D eigenvalue weighted by Gasteiger charge is -2.27. The van der Waals surface area contributed by atoms with Crippen molar-refractivity contribution >= 4 is 30.0 Å². The predicted molar refractivity (Wildman–Crippen MR) is 73.2 cm³/mol. The molecule has 1 saturated heterocycles. The van der Waals surface area contributed by atoms with Gasteiger partial charge in [-0.2, -0.15) is 0 Å². The monoisotopic (exact) mass is 276 g/mol. The molecular weight excluding hydrogens is 259 g/mol. The molecule has 96 valence electrons. The molecule has 1 aliphatic heterocycles. The molecule has 6 heteroatoms. The molecule has 1 aliphatic rings. The van der Waals surface area contributed by atoms with Crippen LogP contribution in [0.3, 0.4) is 0 Å². The van der Waals surface area contributed by atoms with Crippen molar-refractivity contribution in [1.82, 2.24) is 15.3 Å². The third kappa shape index (κ3) is 4.30. The van der Waals surface area contributed by atoms with E-state index in [1.807, 2.05) is 7.05 Å². The Kier molecular flexibility index (Phi) is 5.95. The van der Waals surface area contributed by atoms with Gasteiger partial charge in [0.25, 0.3) is 0 Å². The molecule has 0 aromatic carbocycles. The van der Waals surface area contributed by atoms with Gasteiger partial charge in [-0.05, 0) is 31.8 Å². The molecule has 1 atom stereocenters.